The first-order valence-corrected chi connectivity index (χ1v) is 6.45. The van der Waals surface area contributed by atoms with Gasteiger partial charge in [0.2, 0.25) is 0 Å². The number of rotatable bonds is 5. The molecule has 16 heavy (non-hydrogen) atoms. The second-order valence-corrected chi connectivity index (χ2v) is 4.01. The molecule has 1 aromatic rings. The summed E-state index contributed by atoms with van der Waals surface area (Å²) in [5, 5.41) is 4.90. The Bertz CT molecular complexity index is 376. The number of hydrogen-bond donors (Lipinski definition) is 1. The van der Waals surface area contributed by atoms with Gasteiger partial charge in [0, 0.05) is 6.54 Å². The van der Waals surface area contributed by atoms with Crippen molar-refractivity contribution in [1.29, 1.82) is 0 Å². The third-order valence-corrected chi connectivity index (χ3v) is 2.74. The summed E-state index contributed by atoms with van der Waals surface area (Å²) in [5.74, 6) is -0.00338. The number of carbonyl (C=O) groups is 1. The van der Waals surface area contributed by atoms with E-state index in [2.05, 4.69) is 5.10 Å². The number of carbonyl (C=O) groups excluding carboxylic acids is 1. The second kappa shape index (κ2) is 5.79. The number of nitrogens with two attached hydrogens (primary N) is 1. The summed E-state index contributed by atoms with van der Waals surface area (Å²) in [5.41, 5.74) is 6.27. The summed E-state index contributed by atoms with van der Waals surface area (Å²) in [6.07, 6.45) is 2.78. The average Bonchev–Trinajstić information content (AvgIpc) is 2.57. The Morgan fingerprint density at radius 1 is 1.56 bits per heavy atom. The molecule has 1 rings (SSSR count). The largest absolute Gasteiger partial charge is 0.462 e. The van der Waals surface area contributed by atoms with E-state index in [0.29, 0.717) is 29.6 Å². The Morgan fingerprint density at radius 3 is 2.75 bits per heavy atom. The van der Waals surface area contributed by atoms with E-state index in [1.54, 1.807) is 11.6 Å². The Hall–Kier alpha value is -1.17. The topological polar surface area (TPSA) is 70.1 Å². The molecule has 1 heterocycles. The molecule has 5 nitrogen and oxygen atoms in total. The minimum Gasteiger partial charge on any atom is -0.462 e. The van der Waals surface area contributed by atoms with Gasteiger partial charge in [-0.3, -0.25) is 0 Å². The molecule has 0 aliphatic heterocycles. The maximum atomic E-state index is 11.7. The van der Waals surface area contributed by atoms with E-state index in [-0.39, 0.29) is 0 Å². The van der Waals surface area contributed by atoms with E-state index in [1.165, 1.54) is 11.8 Å². The van der Waals surface area contributed by atoms with Crippen LogP contribution < -0.4 is 5.73 Å². The second-order valence-electron chi connectivity index (χ2n) is 3.21. The molecular formula is C10H17N3O2S. The monoisotopic (exact) mass is 243 g/mol. The van der Waals surface area contributed by atoms with Crippen molar-refractivity contribution in [2.24, 2.45) is 0 Å². The van der Waals surface area contributed by atoms with Gasteiger partial charge in [0.15, 0.2) is 0 Å². The molecule has 0 aromatic carbocycles. The van der Waals surface area contributed by atoms with Gasteiger partial charge in [0.25, 0.3) is 0 Å². The highest BCUT2D eigenvalue weighted by Gasteiger charge is 2.22. The number of hydrogen-bond acceptors (Lipinski definition) is 5. The van der Waals surface area contributed by atoms with Crippen molar-refractivity contribution in [3.63, 3.8) is 0 Å². The van der Waals surface area contributed by atoms with E-state index in [1.807, 2.05) is 13.2 Å². The van der Waals surface area contributed by atoms with E-state index in [0.717, 1.165) is 6.42 Å². The molecule has 0 radical (unpaired) electrons. The zero-order chi connectivity index (χ0) is 12.1. The van der Waals surface area contributed by atoms with Crippen LogP contribution in [0.5, 0.6) is 0 Å². The molecular weight excluding hydrogens is 226 g/mol. The average molecular weight is 243 g/mol. The van der Waals surface area contributed by atoms with Crippen LogP contribution in [0.2, 0.25) is 0 Å². The minimum absolute atomic E-state index is 0.338. The van der Waals surface area contributed by atoms with Crippen LogP contribution in [-0.2, 0) is 11.3 Å². The SMILES string of the molecule is CCCn1nc(SC)c(C(=O)OCC)c1N. The molecule has 0 spiro atoms. The van der Waals surface area contributed by atoms with Gasteiger partial charge in [-0.1, -0.05) is 6.92 Å². The quantitative estimate of drug-likeness (QED) is 0.630. The van der Waals surface area contributed by atoms with Gasteiger partial charge < -0.3 is 10.5 Å². The molecule has 0 unspecified atom stereocenters. The molecule has 90 valence electrons. The van der Waals surface area contributed by atoms with Gasteiger partial charge in [-0.25, -0.2) is 9.48 Å². The summed E-state index contributed by atoms with van der Waals surface area (Å²) in [4.78, 5) is 11.7. The maximum Gasteiger partial charge on any atom is 0.344 e. The van der Waals surface area contributed by atoms with Crippen molar-refractivity contribution in [1.82, 2.24) is 9.78 Å². The normalized spacial score (nSPS) is 10.4. The van der Waals surface area contributed by atoms with E-state index < -0.39 is 5.97 Å². The molecule has 1 aromatic heterocycles. The predicted octanol–water partition coefficient (Wildman–Crippen LogP) is 1.77. The third-order valence-electron chi connectivity index (χ3n) is 2.07. The van der Waals surface area contributed by atoms with Crippen LogP contribution in [-0.4, -0.2) is 28.6 Å². The summed E-state index contributed by atoms with van der Waals surface area (Å²) in [6.45, 7) is 4.84. The summed E-state index contributed by atoms with van der Waals surface area (Å²) < 4.78 is 6.61. The summed E-state index contributed by atoms with van der Waals surface area (Å²) in [6, 6.07) is 0. The molecule has 6 heteroatoms. The highest BCUT2D eigenvalue weighted by molar-refractivity contribution is 7.98. The van der Waals surface area contributed by atoms with Crippen LogP contribution in [0.3, 0.4) is 0 Å². The van der Waals surface area contributed by atoms with Crippen molar-refractivity contribution in [3.8, 4) is 0 Å². The predicted molar refractivity (Wildman–Crippen MR) is 64.7 cm³/mol. The number of anilines is 1. The van der Waals surface area contributed by atoms with Crippen molar-refractivity contribution in [2.75, 3.05) is 18.6 Å². The lowest BCUT2D eigenvalue weighted by molar-refractivity contribution is 0.0523. The fourth-order valence-corrected chi connectivity index (χ4v) is 1.94. The number of esters is 1. The first kappa shape index (κ1) is 12.9. The molecule has 0 aliphatic rings. The Morgan fingerprint density at radius 2 is 2.25 bits per heavy atom. The van der Waals surface area contributed by atoms with E-state index >= 15 is 0 Å². The van der Waals surface area contributed by atoms with Gasteiger partial charge in [0.05, 0.1) is 6.61 Å². The minimum atomic E-state index is -0.397. The van der Waals surface area contributed by atoms with Crippen LogP contribution in [0.15, 0.2) is 5.03 Å². The number of thioether (sulfide) groups is 1. The van der Waals surface area contributed by atoms with Crippen molar-refractivity contribution in [3.05, 3.63) is 5.56 Å². The smallest absolute Gasteiger partial charge is 0.344 e. The number of aromatic nitrogens is 2. The highest BCUT2D eigenvalue weighted by Crippen LogP contribution is 2.25. The number of nitrogen functional groups attached to an aromatic ring is 1. The van der Waals surface area contributed by atoms with Crippen molar-refractivity contribution >= 4 is 23.5 Å². The van der Waals surface area contributed by atoms with Gasteiger partial charge in [-0.2, -0.15) is 5.10 Å². The molecule has 0 bridgehead atoms. The molecule has 0 aliphatic carbocycles. The Labute approximate surface area is 99.3 Å². The van der Waals surface area contributed by atoms with Gasteiger partial charge in [-0.15, -0.1) is 11.8 Å². The molecule has 0 amide bonds. The van der Waals surface area contributed by atoms with Crippen LogP contribution in [0.1, 0.15) is 30.6 Å². The number of nitrogens with zero attached hydrogens (tertiary/aromatic N) is 2. The van der Waals surface area contributed by atoms with E-state index in [4.69, 9.17) is 10.5 Å². The van der Waals surface area contributed by atoms with Crippen molar-refractivity contribution in [2.45, 2.75) is 31.8 Å². The summed E-state index contributed by atoms with van der Waals surface area (Å²) >= 11 is 1.40. The number of aryl methyl sites for hydroxylation is 1. The molecule has 0 saturated carbocycles. The Kier molecular flexibility index (Phi) is 4.67. The fourth-order valence-electron chi connectivity index (χ4n) is 1.37. The lowest BCUT2D eigenvalue weighted by Gasteiger charge is -2.03. The first-order chi connectivity index (χ1) is 7.65. The first-order valence-electron chi connectivity index (χ1n) is 5.23. The molecule has 0 atom stereocenters. The standard InChI is InChI=1S/C10H17N3O2S/c1-4-6-13-8(11)7(9(12-13)16-3)10(14)15-5-2/h4-6,11H2,1-3H3. The third kappa shape index (κ3) is 2.49. The van der Waals surface area contributed by atoms with Gasteiger partial charge in [0.1, 0.15) is 16.4 Å². The lowest BCUT2D eigenvalue weighted by Crippen LogP contribution is -2.10. The fraction of sp³-hybridized carbons (Fsp3) is 0.600. The van der Waals surface area contributed by atoms with E-state index in [9.17, 15) is 4.79 Å². The van der Waals surface area contributed by atoms with Gasteiger partial charge >= 0.3 is 5.97 Å². The van der Waals surface area contributed by atoms with Gasteiger partial charge in [-0.05, 0) is 19.6 Å². The lowest BCUT2D eigenvalue weighted by atomic mass is 10.3. The zero-order valence-corrected chi connectivity index (χ0v) is 10.6. The summed E-state index contributed by atoms with van der Waals surface area (Å²) in [7, 11) is 0. The molecule has 0 saturated heterocycles. The molecule has 2 N–H and O–H groups in total. The van der Waals surface area contributed by atoms with Crippen LogP contribution >= 0.6 is 11.8 Å². The maximum absolute atomic E-state index is 11.7. The van der Waals surface area contributed by atoms with Crippen LogP contribution in [0, 0.1) is 0 Å². The van der Waals surface area contributed by atoms with Crippen LogP contribution in [0.25, 0.3) is 0 Å². The molecule has 0 fully saturated rings. The zero-order valence-electron chi connectivity index (χ0n) is 9.82. The highest BCUT2D eigenvalue weighted by atomic mass is 32.2. The Balaban J connectivity index is 3.09. The van der Waals surface area contributed by atoms with Crippen LogP contribution in [0.4, 0.5) is 5.82 Å². The van der Waals surface area contributed by atoms with Crippen molar-refractivity contribution < 1.29 is 9.53 Å². The number of ether oxygens (including phenoxy) is 1.